The molecule has 17 heavy (non-hydrogen) atoms. The van der Waals surface area contributed by atoms with E-state index in [2.05, 4.69) is 65.4 Å². The van der Waals surface area contributed by atoms with Crippen LogP contribution in [-0.4, -0.2) is 0 Å². The Bertz CT molecular complexity index is 797. The second-order valence-electron chi connectivity index (χ2n) is 4.17. The molecular formula is C15H10BrN. The molecule has 2 aliphatic rings. The van der Waals surface area contributed by atoms with E-state index >= 15 is 0 Å². The first-order valence-electron chi connectivity index (χ1n) is 5.48. The van der Waals surface area contributed by atoms with E-state index in [1.54, 1.807) is 0 Å². The molecule has 4 rings (SSSR count). The number of fused-ring (bicyclic) bond motifs is 4. The fourth-order valence-corrected chi connectivity index (χ4v) is 2.52. The van der Waals surface area contributed by atoms with Crippen molar-refractivity contribution in [2.45, 2.75) is 0 Å². The van der Waals surface area contributed by atoms with Gasteiger partial charge < -0.3 is 17.0 Å². The topological polar surface area (TPSA) is 3.01 Å². The van der Waals surface area contributed by atoms with Crippen molar-refractivity contribution in [2.75, 3.05) is 0 Å². The highest BCUT2D eigenvalue weighted by molar-refractivity contribution is 5.85. The van der Waals surface area contributed by atoms with Gasteiger partial charge in [0, 0.05) is 24.3 Å². The molecule has 0 aliphatic carbocycles. The summed E-state index contributed by atoms with van der Waals surface area (Å²) in [7, 11) is 0. The van der Waals surface area contributed by atoms with Crippen molar-refractivity contribution in [2.24, 2.45) is 0 Å². The molecule has 0 radical (unpaired) electrons. The standard InChI is InChI=1S/C15H10N.BrH/c1-2-6-13-11(4-1)7-8-15-14(13)10-12-5-3-9-16(12)15;/h1-10H;1H/q+1;/p-1. The normalized spacial score (nSPS) is 15.1. The Kier molecular flexibility index (Phi) is 2.26. The van der Waals surface area contributed by atoms with Crippen molar-refractivity contribution < 1.29 is 17.0 Å². The molecule has 2 aliphatic heterocycles. The van der Waals surface area contributed by atoms with Gasteiger partial charge in [0.05, 0.1) is 5.22 Å². The van der Waals surface area contributed by atoms with Crippen molar-refractivity contribution in [1.82, 2.24) is 4.58 Å². The molecule has 0 atom stereocenters. The Morgan fingerprint density at radius 2 is 1.82 bits per heavy atom. The average molecular weight is 284 g/mol. The highest BCUT2D eigenvalue weighted by Gasteiger charge is 2.20. The molecule has 82 valence electrons. The van der Waals surface area contributed by atoms with Crippen LogP contribution in [0.2, 0.25) is 0 Å². The van der Waals surface area contributed by atoms with Crippen molar-refractivity contribution in [3.8, 4) is 0 Å². The fraction of sp³-hybridized carbons (Fsp3) is 0. The van der Waals surface area contributed by atoms with Gasteiger partial charge in [0.1, 0.15) is 0 Å². The maximum absolute atomic E-state index is 2.26. The summed E-state index contributed by atoms with van der Waals surface area (Å²) in [6, 6.07) is 12.9. The molecule has 2 aromatic carbocycles. The highest BCUT2D eigenvalue weighted by Crippen LogP contribution is 2.12. The first-order valence-corrected chi connectivity index (χ1v) is 5.48. The number of hydrogen-bond acceptors (Lipinski definition) is 0. The molecule has 0 saturated heterocycles. The van der Waals surface area contributed by atoms with Crippen LogP contribution in [0, 0.1) is 0 Å². The summed E-state index contributed by atoms with van der Waals surface area (Å²) in [6.45, 7) is 0. The molecular weight excluding hydrogens is 274 g/mol. The minimum atomic E-state index is 0. The lowest BCUT2D eigenvalue weighted by atomic mass is 10.1. The number of benzene rings is 2. The maximum Gasteiger partial charge on any atom is 0.219 e. The van der Waals surface area contributed by atoms with Crippen LogP contribution < -0.4 is 32.1 Å². The minimum absolute atomic E-state index is 0. The third-order valence-corrected chi connectivity index (χ3v) is 3.28. The van der Waals surface area contributed by atoms with Crippen LogP contribution in [0.25, 0.3) is 16.8 Å². The lowest BCUT2D eigenvalue weighted by Crippen LogP contribution is -3.00. The van der Waals surface area contributed by atoms with Crippen LogP contribution in [-0.2, 0) is 0 Å². The Morgan fingerprint density at radius 3 is 2.76 bits per heavy atom. The van der Waals surface area contributed by atoms with Gasteiger partial charge in [-0.15, -0.1) is 0 Å². The third kappa shape index (κ3) is 1.34. The van der Waals surface area contributed by atoms with Gasteiger partial charge >= 0.3 is 0 Å². The molecule has 0 spiro atoms. The number of hydrogen-bond donors (Lipinski definition) is 0. The molecule has 0 fully saturated rings. The van der Waals surface area contributed by atoms with E-state index in [1.165, 1.54) is 27.0 Å². The molecule has 0 aromatic heterocycles. The van der Waals surface area contributed by atoms with Gasteiger partial charge in [-0.1, -0.05) is 24.3 Å². The van der Waals surface area contributed by atoms with Crippen LogP contribution >= 0.6 is 0 Å². The lowest BCUT2D eigenvalue weighted by Gasteiger charge is -1.94. The first kappa shape index (κ1) is 10.5. The van der Waals surface area contributed by atoms with Gasteiger partial charge in [0.2, 0.25) is 11.1 Å². The Morgan fingerprint density at radius 1 is 0.941 bits per heavy atom. The van der Waals surface area contributed by atoms with Gasteiger partial charge in [-0.05, 0) is 16.8 Å². The van der Waals surface area contributed by atoms with E-state index < -0.39 is 0 Å². The van der Waals surface area contributed by atoms with Gasteiger partial charge in [-0.2, -0.15) is 4.58 Å². The number of allylic oxidation sites excluding steroid dienone is 3. The predicted octanol–water partition coefficient (Wildman–Crippen LogP) is -1.46. The monoisotopic (exact) mass is 283 g/mol. The zero-order chi connectivity index (χ0) is 10.5. The summed E-state index contributed by atoms with van der Waals surface area (Å²) >= 11 is 0. The quantitative estimate of drug-likeness (QED) is 0.520. The molecule has 0 N–H and O–H groups in total. The van der Waals surface area contributed by atoms with Crippen LogP contribution in [0.15, 0.2) is 60.4 Å². The zero-order valence-electron chi connectivity index (χ0n) is 9.10. The van der Waals surface area contributed by atoms with E-state index in [0.717, 1.165) is 0 Å². The van der Waals surface area contributed by atoms with Gasteiger partial charge in [0.15, 0.2) is 6.20 Å². The molecule has 0 bridgehead atoms. The minimum Gasteiger partial charge on any atom is -1.00 e. The van der Waals surface area contributed by atoms with Gasteiger partial charge in [-0.3, -0.25) is 0 Å². The summed E-state index contributed by atoms with van der Waals surface area (Å²) in [6.07, 6.45) is 8.61. The van der Waals surface area contributed by atoms with E-state index in [4.69, 9.17) is 0 Å². The van der Waals surface area contributed by atoms with Crippen molar-refractivity contribution >= 4 is 16.8 Å². The van der Waals surface area contributed by atoms with Crippen LogP contribution in [0.3, 0.4) is 0 Å². The van der Waals surface area contributed by atoms with Gasteiger partial charge in [0.25, 0.3) is 0 Å². The second-order valence-corrected chi connectivity index (χ2v) is 4.17. The van der Waals surface area contributed by atoms with E-state index in [0.29, 0.717) is 0 Å². The molecule has 0 unspecified atom stereocenters. The van der Waals surface area contributed by atoms with Crippen molar-refractivity contribution in [3.05, 3.63) is 71.0 Å². The Hall–Kier alpha value is -1.67. The fourth-order valence-electron chi connectivity index (χ4n) is 2.52. The summed E-state index contributed by atoms with van der Waals surface area (Å²) in [5.74, 6) is 0. The molecule has 0 saturated carbocycles. The van der Waals surface area contributed by atoms with Crippen molar-refractivity contribution in [1.29, 1.82) is 0 Å². The molecule has 1 nitrogen and oxygen atoms in total. The van der Waals surface area contributed by atoms with Crippen molar-refractivity contribution in [3.63, 3.8) is 0 Å². The summed E-state index contributed by atoms with van der Waals surface area (Å²) in [4.78, 5) is 0. The smallest absolute Gasteiger partial charge is 0.219 e. The molecule has 2 heteroatoms. The second kappa shape index (κ2) is 3.67. The van der Waals surface area contributed by atoms with E-state index in [1.807, 2.05) is 0 Å². The SMILES string of the molecule is C1=C[N+]2=c3ccc4ccccc4c3=CC2=C1.[Br-]. The number of halogens is 1. The number of nitrogens with zero attached hydrogens (tertiary/aromatic N) is 1. The van der Waals surface area contributed by atoms with E-state index in [-0.39, 0.29) is 17.0 Å². The summed E-state index contributed by atoms with van der Waals surface area (Å²) in [5.41, 5.74) is 1.27. The van der Waals surface area contributed by atoms with Gasteiger partial charge in [-0.25, -0.2) is 0 Å². The average Bonchev–Trinajstić information content (AvgIpc) is 2.88. The van der Waals surface area contributed by atoms with Crippen LogP contribution in [0.4, 0.5) is 0 Å². The third-order valence-electron chi connectivity index (χ3n) is 3.28. The molecule has 0 amide bonds. The largest absolute Gasteiger partial charge is 1.00 e. The molecule has 2 heterocycles. The first-order chi connectivity index (χ1) is 7.93. The van der Waals surface area contributed by atoms with E-state index in [9.17, 15) is 0 Å². The molecule has 2 aromatic rings. The maximum atomic E-state index is 2.26. The lowest BCUT2D eigenvalue weighted by molar-refractivity contribution is -0.00000300. The zero-order valence-corrected chi connectivity index (χ0v) is 10.7. The predicted molar refractivity (Wildman–Crippen MR) is 66.1 cm³/mol. The summed E-state index contributed by atoms with van der Waals surface area (Å²) < 4.78 is 2.24. The Balaban J connectivity index is 0.000000902. The number of rotatable bonds is 0. The van der Waals surface area contributed by atoms with Crippen LogP contribution in [0.1, 0.15) is 0 Å². The van der Waals surface area contributed by atoms with Crippen LogP contribution in [0.5, 0.6) is 0 Å². The summed E-state index contributed by atoms with van der Waals surface area (Å²) in [5, 5.41) is 5.28. The Labute approximate surface area is 109 Å². The highest BCUT2D eigenvalue weighted by atomic mass is 79.9.